The zero-order valence-corrected chi connectivity index (χ0v) is 86.7. The van der Waals surface area contributed by atoms with Gasteiger partial charge in [-0.25, -0.2) is 9.59 Å². The van der Waals surface area contributed by atoms with Crippen LogP contribution in [-0.2, 0) is 105 Å². The summed E-state index contributed by atoms with van der Waals surface area (Å²) in [5.74, 6) is -0.0610. The number of hydrogen-bond acceptors (Lipinski definition) is 24. The molecule has 772 valence electrons. The van der Waals surface area contributed by atoms with E-state index in [0.29, 0.717) is 63.9 Å². The van der Waals surface area contributed by atoms with E-state index in [1.165, 1.54) is 51.3 Å². The van der Waals surface area contributed by atoms with Gasteiger partial charge in [0.05, 0.1) is 134 Å². The lowest BCUT2D eigenvalue weighted by molar-refractivity contribution is -0.187. The summed E-state index contributed by atoms with van der Waals surface area (Å²) in [7, 11) is 6.45. The van der Waals surface area contributed by atoms with Crippen LogP contribution in [0.2, 0.25) is 0 Å². The molecule has 0 radical (unpaired) electrons. The van der Waals surface area contributed by atoms with Gasteiger partial charge in [0.1, 0.15) is 24.4 Å². The average molecular weight is 1930 g/mol. The van der Waals surface area contributed by atoms with Gasteiger partial charge in [0.15, 0.2) is 12.6 Å². The second-order valence-electron chi connectivity index (χ2n) is 42.8. The zero-order valence-electron chi connectivity index (χ0n) is 86.7. The number of carbonyl (C=O) groups is 8. The van der Waals surface area contributed by atoms with Crippen LogP contribution in [0.4, 0.5) is 9.59 Å². The lowest BCUT2D eigenvalue weighted by Crippen LogP contribution is -2.46. The topological polar surface area (TPSA) is 352 Å². The van der Waals surface area contributed by atoms with Crippen molar-refractivity contribution >= 4 is 47.8 Å². The van der Waals surface area contributed by atoms with Gasteiger partial charge in [0.2, 0.25) is 23.6 Å². The monoisotopic (exact) mass is 1930 g/mol. The Bertz CT molecular complexity index is 4070. The van der Waals surface area contributed by atoms with Crippen LogP contribution in [0, 0.1) is 11.8 Å². The third kappa shape index (κ3) is 42.5. The Morgan fingerprint density at radius 1 is 0.341 bits per heavy atom. The minimum absolute atomic E-state index is 0.0110. The van der Waals surface area contributed by atoms with Crippen LogP contribution in [0.1, 0.15) is 266 Å². The highest BCUT2D eigenvalue weighted by molar-refractivity contribution is 5.89. The van der Waals surface area contributed by atoms with Crippen LogP contribution < -0.4 is 21.3 Å². The van der Waals surface area contributed by atoms with Gasteiger partial charge in [-0.1, -0.05) is 109 Å². The van der Waals surface area contributed by atoms with E-state index >= 15 is 0 Å². The maximum atomic E-state index is 12.2. The molecule has 0 bridgehead atoms. The maximum absolute atomic E-state index is 12.2. The minimum atomic E-state index is -0.512. The van der Waals surface area contributed by atoms with Crippen molar-refractivity contribution in [2.24, 2.45) is 11.8 Å². The van der Waals surface area contributed by atoms with Crippen LogP contribution >= 0.6 is 0 Å². The summed E-state index contributed by atoms with van der Waals surface area (Å²) >= 11 is 0. The van der Waals surface area contributed by atoms with Crippen molar-refractivity contribution in [1.29, 1.82) is 0 Å². The van der Waals surface area contributed by atoms with E-state index in [0.717, 1.165) is 153 Å². The molecule has 2 saturated carbocycles. The van der Waals surface area contributed by atoms with Crippen molar-refractivity contribution in [3.63, 3.8) is 0 Å². The second kappa shape index (κ2) is 52.7. The normalized spacial score (nSPS) is 31.8. The molecule has 30 nitrogen and oxygen atoms in total. The Morgan fingerprint density at radius 3 is 0.804 bits per heavy atom. The fourth-order valence-corrected chi connectivity index (χ4v) is 18.9. The molecule has 10 aliphatic heterocycles. The molecule has 2 aliphatic carbocycles. The minimum Gasteiger partial charge on any atom is -0.458 e. The summed E-state index contributed by atoms with van der Waals surface area (Å²) in [6, 6.07) is -0.0418. The molecule has 10 heterocycles. The van der Waals surface area contributed by atoms with E-state index in [1.807, 2.05) is 13.8 Å². The molecule has 138 heavy (non-hydrogen) atoms. The van der Waals surface area contributed by atoms with Gasteiger partial charge in [0, 0.05) is 142 Å². The van der Waals surface area contributed by atoms with Crippen LogP contribution in [0.5, 0.6) is 0 Å². The van der Waals surface area contributed by atoms with Crippen molar-refractivity contribution in [3.05, 3.63) is 144 Å². The Labute approximate surface area is 821 Å². The highest BCUT2D eigenvalue weighted by Crippen LogP contribution is 2.50. The molecule has 0 aromatic heterocycles. The van der Waals surface area contributed by atoms with E-state index < -0.39 is 36.6 Å². The fraction of sp³-hybridized carbons (Fsp3) is 0.704. The van der Waals surface area contributed by atoms with E-state index in [9.17, 15) is 38.4 Å². The van der Waals surface area contributed by atoms with Crippen molar-refractivity contribution in [3.8, 4) is 0 Å². The molecule has 10 saturated heterocycles. The molecule has 0 aromatic rings. The van der Waals surface area contributed by atoms with Crippen LogP contribution in [0.15, 0.2) is 144 Å². The van der Waals surface area contributed by atoms with Crippen molar-refractivity contribution in [2.75, 3.05) is 81.0 Å². The Morgan fingerprint density at radius 2 is 0.572 bits per heavy atom. The zero-order chi connectivity index (χ0) is 101. The second-order valence-corrected chi connectivity index (χ2v) is 42.8. The number of hydrogen-bond donors (Lipinski definition) is 4. The quantitative estimate of drug-likeness (QED) is 0.0153. The Kier molecular flexibility index (Phi) is 43.3. The summed E-state index contributed by atoms with van der Waals surface area (Å²) in [5.41, 5.74) is 4.28. The number of allylic oxidation sites excluding steroid dienone is 10. The smallest absolute Gasteiger partial charge is 0.409 e. The predicted octanol–water partition coefficient (Wildman–Crippen LogP) is 16.6. The number of epoxide rings is 4. The number of carbonyl (C=O) groups excluding carboxylic acids is 8. The Hall–Kier alpha value is -8.24. The molecule has 0 unspecified atom stereocenters. The fourth-order valence-electron chi connectivity index (χ4n) is 18.9. The third-order valence-electron chi connectivity index (χ3n) is 26.1. The molecular formula is C108H166N6O24. The van der Waals surface area contributed by atoms with Crippen LogP contribution in [0.25, 0.3) is 0 Å². The third-order valence-corrected chi connectivity index (χ3v) is 26.1. The van der Waals surface area contributed by atoms with E-state index in [4.69, 9.17) is 75.8 Å². The molecule has 6 amide bonds. The maximum Gasteiger partial charge on any atom is 0.409 e. The van der Waals surface area contributed by atoms with E-state index in [-0.39, 0.29) is 142 Å². The first-order valence-corrected chi connectivity index (χ1v) is 50.3. The molecule has 4 spiro atoms. The SMILES string of the molecule is CC(/C=C/[C@@H]1C[C@]2(CO2)CC(C)(C)O1)=C\CC1CCC(NC(=O)/C=C\[C@H](C)OC(=O)N(C)C)CC1.CC(/C=C/[C@@H]1C[C@]2(CO2)CC(C)(C)O1)=C\CC1OCC(NC(=O)/C=C\[C@H](C)OC(=O)N(C)C)CO1.CCC(=O)O[C@@H](C)/C=C\C(=O)NC1CCC(C/C=C(C)/C=C/[C@@H]2C[C@]3(CO3)CC(C)(C)O2)CC1.CCC(=O)O[C@@H](C)/C=C\C(=O)NC1COC(C/C=C(C)/C=C/[C@@H]2C[C@]3(CO3)CC(C)(C)O2)OC1. The van der Waals surface area contributed by atoms with E-state index in [2.05, 4.69) is 163 Å². The highest BCUT2D eigenvalue weighted by Gasteiger charge is 2.57. The Balaban J connectivity index is 0.000000206. The first-order valence-electron chi connectivity index (χ1n) is 50.3. The first kappa shape index (κ1) is 113. The van der Waals surface area contributed by atoms with Gasteiger partial charge in [0.25, 0.3) is 0 Å². The van der Waals surface area contributed by atoms with Gasteiger partial charge in [-0.2, -0.15) is 0 Å². The highest BCUT2D eigenvalue weighted by atomic mass is 16.7. The van der Waals surface area contributed by atoms with Gasteiger partial charge < -0.3 is 107 Å². The molecule has 12 aliphatic rings. The molecular weight excluding hydrogens is 1770 g/mol. The van der Waals surface area contributed by atoms with E-state index in [1.54, 1.807) is 88.0 Å². The summed E-state index contributed by atoms with van der Waals surface area (Å²) in [4.78, 5) is 96.9. The van der Waals surface area contributed by atoms with Gasteiger partial charge in [-0.05, 0) is 211 Å². The molecule has 12 atom stereocenters. The van der Waals surface area contributed by atoms with Crippen molar-refractivity contribution < 1.29 is 114 Å². The van der Waals surface area contributed by atoms with Gasteiger partial charge in [-0.15, -0.1) is 0 Å². The van der Waals surface area contributed by atoms with Crippen LogP contribution in [0.3, 0.4) is 0 Å². The molecule has 0 aromatic carbocycles. The van der Waals surface area contributed by atoms with Gasteiger partial charge in [-0.3, -0.25) is 28.8 Å². The summed E-state index contributed by atoms with van der Waals surface area (Å²) in [5, 5.41) is 11.8. The molecule has 4 N–H and O–H groups in total. The summed E-state index contributed by atoms with van der Waals surface area (Å²) in [6.07, 6.45) is 54.9. The van der Waals surface area contributed by atoms with Crippen molar-refractivity contribution in [1.82, 2.24) is 31.1 Å². The predicted molar refractivity (Wildman–Crippen MR) is 528 cm³/mol. The average Bonchev–Trinajstić information content (AvgIpc) is 1.63. The lowest BCUT2D eigenvalue weighted by atomic mass is 9.83. The standard InChI is InChI=1S/C28H44N2O5.C28H43NO5.C26H40N2O7.C26H39NO7/c1-20(8-15-24-17-28(19-33-28)18-27(3,4)35-24)7-10-22-11-13-23(14-12-22)29-25(31)16-9-21(2)34-26(32)30(5)6;1-6-26(31)33-21(3)9-16-25(30)29-23-13-11-22(12-14-23)10-7-20(2)8-15-24-17-28(19-32-28)18-27(4,5)34-24;1-18(7-10-21-13-26(17-33-26)16-25(3,4)35-21)8-12-23-31-14-20(15-32-23)27-22(29)11-9-19(2)34-24(30)28(5)6;1-6-23(29)33-19(3)9-11-22(28)27-20-14-30-24(31-15-20)12-8-18(2)7-10-21-13-26(17-32-26)16-25(4,5)34-21/h7-9,15-16,21-24H,10-14,17-19H2,1-6H3,(H,29,31);7-9,15-16,21-24H,6,10-14,17-19H2,1-5H3,(H,29,30);7-11,19-21,23H,12-17H2,1-6H3,(H,27,29);7-11,19-21,24H,6,12-17H2,1-5H3,(H,27,28)/b2*15-8+,16-9-,20-7+;2*10-7+,11-9-,18-8+/t2*21-,22?,23?,24+,28+;19-,20?,21+,23?,26+;19-,20?,21+,24?,26+/m0000/s1. The number of ether oxygens (including phenoxy) is 16. The number of esters is 2. The first-order chi connectivity index (χ1) is 65.1. The van der Waals surface area contributed by atoms with Crippen molar-refractivity contribution in [2.45, 2.75) is 396 Å². The summed E-state index contributed by atoms with van der Waals surface area (Å²) < 4.78 is 91.3. The molecule has 12 rings (SSSR count). The number of nitrogens with one attached hydrogen (secondary N) is 4. The molecule has 12 fully saturated rings. The largest absolute Gasteiger partial charge is 0.458 e. The van der Waals surface area contributed by atoms with Crippen LogP contribution in [-0.4, -0.2) is 269 Å². The molecule has 30 heteroatoms. The number of nitrogens with zero attached hydrogens (tertiary/aromatic N) is 2. The van der Waals surface area contributed by atoms with Gasteiger partial charge >= 0.3 is 24.1 Å². The lowest BCUT2D eigenvalue weighted by Gasteiger charge is -2.38. The number of rotatable bonds is 34. The summed E-state index contributed by atoms with van der Waals surface area (Å²) in [6.45, 7) is 40.7. The number of amides is 6.